The van der Waals surface area contributed by atoms with E-state index in [1.807, 2.05) is 19.1 Å². The number of ether oxygens (including phenoxy) is 1. The van der Waals surface area contributed by atoms with E-state index < -0.39 is 0 Å². The Morgan fingerprint density at radius 1 is 1.38 bits per heavy atom. The number of fused-ring (bicyclic) bond motifs is 1. The summed E-state index contributed by atoms with van der Waals surface area (Å²) in [4.78, 5) is 36.9. The van der Waals surface area contributed by atoms with Gasteiger partial charge in [0.15, 0.2) is 0 Å². The first-order chi connectivity index (χ1) is 15.3. The van der Waals surface area contributed by atoms with Gasteiger partial charge in [-0.1, -0.05) is 18.9 Å². The summed E-state index contributed by atoms with van der Waals surface area (Å²) < 4.78 is 6.14. The Morgan fingerprint density at radius 2 is 2.16 bits per heavy atom. The molecule has 3 rings (SSSR count). The first-order valence-corrected chi connectivity index (χ1v) is 10.5. The first-order valence-electron chi connectivity index (χ1n) is 10.5. The second-order valence-electron chi connectivity index (χ2n) is 8.06. The number of hydrogen-bond donors (Lipinski definition) is 1. The Morgan fingerprint density at radius 3 is 2.81 bits per heavy atom. The predicted molar refractivity (Wildman–Crippen MR) is 119 cm³/mol. The van der Waals surface area contributed by atoms with Gasteiger partial charge < -0.3 is 19.6 Å². The van der Waals surface area contributed by atoms with Gasteiger partial charge in [0.25, 0.3) is 5.91 Å². The summed E-state index contributed by atoms with van der Waals surface area (Å²) in [5.41, 5.74) is 1.44. The van der Waals surface area contributed by atoms with Gasteiger partial charge in [0, 0.05) is 44.4 Å². The molecule has 2 amide bonds. The molecule has 0 radical (unpaired) electrons. The molecule has 0 aliphatic carbocycles. The fourth-order valence-electron chi connectivity index (χ4n) is 3.36. The molecule has 1 N–H and O–H groups in total. The van der Waals surface area contributed by atoms with Crippen LogP contribution in [0.3, 0.4) is 0 Å². The third-order valence-corrected chi connectivity index (χ3v) is 5.51. The monoisotopic (exact) mass is 436 g/mol. The van der Waals surface area contributed by atoms with Crippen LogP contribution >= 0.6 is 0 Å². The fourth-order valence-corrected chi connectivity index (χ4v) is 3.36. The maximum absolute atomic E-state index is 13.4. The van der Waals surface area contributed by atoms with Gasteiger partial charge in [-0.25, -0.2) is 9.97 Å². The quantitative estimate of drug-likeness (QED) is 0.731. The lowest BCUT2D eigenvalue weighted by molar-refractivity contribution is -0.129. The minimum absolute atomic E-state index is 0.0761. The van der Waals surface area contributed by atoms with E-state index in [-0.39, 0.29) is 47.9 Å². The Bertz CT molecular complexity index is 1030. The molecule has 8 heteroatoms. The van der Waals surface area contributed by atoms with Gasteiger partial charge in [-0.3, -0.25) is 9.59 Å². The number of amides is 2. The summed E-state index contributed by atoms with van der Waals surface area (Å²) in [6.07, 6.45) is 2.84. The zero-order valence-corrected chi connectivity index (χ0v) is 18.8. The molecule has 32 heavy (non-hydrogen) atoms. The number of hydrogen-bond acceptors (Lipinski definition) is 6. The van der Waals surface area contributed by atoms with E-state index in [4.69, 9.17) is 4.74 Å². The summed E-state index contributed by atoms with van der Waals surface area (Å²) >= 11 is 0. The summed E-state index contributed by atoms with van der Waals surface area (Å²) in [6.45, 7) is 5.81. The lowest BCUT2D eigenvalue weighted by Gasteiger charge is -2.37. The number of aliphatic hydroxyl groups excluding tert-OH is 1. The molecule has 3 heterocycles. The molecule has 2 aromatic rings. The maximum Gasteiger partial charge on any atom is 0.259 e. The van der Waals surface area contributed by atoms with E-state index in [1.165, 1.54) is 6.92 Å². The molecule has 2 aromatic heterocycles. The number of rotatable bonds is 4. The van der Waals surface area contributed by atoms with Crippen molar-refractivity contribution >= 4 is 11.8 Å². The van der Waals surface area contributed by atoms with Crippen LogP contribution < -0.4 is 4.74 Å². The molecule has 8 nitrogen and oxygen atoms in total. The topological polar surface area (TPSA) is 95.9 Å². The standard InChI is InChI=1S/C24H28N4O4/c1-16-13-28(17(2)15-29)24(31)21-11-19(8-9-20-7-5-6-10-25-20)12-26-23(21)32-22(16)14-27(4)18(3)30/h5-7,10-12,16-17,22,29H,13-15H2,1-4H3/t16-,17-,22-/m0/s1. The van der Waals surface area contributed by atoms with Gasteiger partial charge in [0.1, 0.15) is 17.4 Å². The highest BCUT2D eigenvalue weighted by Crippen LogP contribution is 2.27. The van der Waals surface area contributed by atoms with Crippen LogP contribution in [-0.2, 0) is 4.79 Å². The number of likely N-dealkylation sites (N-methyl/N-ethyl adjacent to an activating group) is 1. The minimum Gasteiger partial charge on any atom is -0.472 e. The smallest absolute Gasteiger partial charge is 0.259 e. The van der Waals surface area contributed by atoms with Crippen molar-refractivity contribution in [1.29, 1.82) is 0 Å². The molecular formula is C24H28N4O4. The van der Waals surface area contributed by atoms with Crippen LogP contribution in [0.25, 0.3) is 0 Å². The van der Waals surface area contributed by atoms with E-state index in [0.717, 1.165) is 0 Å². The molecule has 0 saturated carbocycles. The summed E-state index contributed by atoms with van der Waals surface area (Å²) in [7, 11) is 1.71. The molecule has 0 spiro atoms. The van der Waals surface area contributed by atoms with Gasteiger partial charge in [-0.2, -0.15) is 0 Å². The molecule has 0 fully saturated rings. The van der Waals surface area contributed by atoms with E-state index in [1.54, 1.807) is 48.3 Å². The molecule has 168 valence electrons. The molecule has 0 saturated heterocycles. The first kappa shape index (κ1) is 23.2. The second kappa shape index (κ2) is 10.2. The van der Waals surface area contributed by atoms with Gasteiger partial charge in [0.05, 0.1) is 19.2 Å². The van der Waals surface area contributed by atoms with Gasteiger partial charge in [0.2, 0.25) is 11.8 Å². The molecule has 1 aliphatic rings. The van der Waals surface area contributed by atoms with Crippen LogP contribution in [0.4, 0.5) is 0 Å². The predicted octanol–water partition coefficient (Wildman–Crippen LogP) is 1.57. The van der Waals surface area contributed by atoms with Crippen LogP contribution in [0.5, 0.6) is 5.88 Å². The Kier molecular flexibility index (Phi) is 7.44. The van der Waals surface area contributed by atoms with Crippen molar-refractivity contribution in [1.82, 2.24) is 19.8 Å². The lowest BCUT2D eigenvalue weighted by Crippen LogP contribution is -2.50. The van der Waals surface area contributed by atoms with Crippen molar-refractivity contribution in [3.63, 3.8) is 0 Å². The fraction of sp³-hybridized carbons (Fsp3) is 0.417. The molecule has 0 bridgehead atoms. The van der Waals surface area contributed by atoms with E-state index in [0.29, 0.717) is 24.3 Å². The van der Waals surface area contributed by atoms with E-state index in [9.17, 15) is 14.7 Å². The number of carbonyl (C=O) groups excluding carboxylic acids is 2. The zero-order chi connectivity index (χ0) is 23.3. The molecule has 3 atom stereocenters. The van der Waals surface area contributed by atoms with E-state index >= 15 is 0 Å². The molecule has 0 aromatic carbocycles. The van der Waals surface area contributed by atoms with Crippen molar-refractivity contribution in [2.75, 3.05) is 26.7 Å². The highest BCUT2D eigenvalue weighted by atomic mass is 16.5. The number of nitrogens with zero attached hydrogens (tertiary/aromatic N) is 4. The summed E-state index contributed by atoms with van der Waals surface area (Å²) in [6, 6.07) is 6.72. The number of aromatic nitrogens is 2. The lowest BCUT2D eigenvalue weighted by atomic mass is 10.00. The number of aliphatic hydroxyl groups is 1. The average molecular weight is 437 g/mol. The Balaban J connectivity index is 2.00. The van der Waals surface area contributed by atoms with Gasteiger partial charge >= 0.3 is 0 Å². The summed E-state index contributed by atoms with van der Waals surface area (Å²) in [5, 5.41) is 9.73. The SMILES string of the molecule is CC(=O)N(C)C[C@@H]1Oc2ncc(C#Cc3ccccn3)cc2C(=O)N([C@@H](C)CO)C[C@@H]1C. The summed E-state index contributed by atoms with van der Waals surface area (Å²) in [5.74, 6) is 5.70. The van der Waals surface area contributed by atoms with Crippen LogP contribution in [-0.4, -0.2) is 75.6 Å². The van der Waals surface area contributed by atoms with Crippen molar-refractivity contribution in [2.45, 2.75) is 32.9 Å². The van der Waals surface area contributed by atoms with Crippen LogP contribution in [0.1, 0.15) is 42.4 Å². The number of carbonyl (C=O) groups is 2. The van der Waals surface area contributed by atoms with Gasteiger partial charge in [-0.05, 0) is 31.0 Å². The average Bonchev–Trinajstić information content (AvgIpc) is 2.80. The largest absolute Gasteiger partial charge is 0.472 e. The van der Waals surface area contributed by atoms with Crippen LogP contribution in [0.15, 0.2) is 36.7 Å². The normalized spacial score (nSPS) is 18.9. The van der Waals surface area contributed by atoms with E-state index in [2.05, 4.69) is 21.8 Å². The maximum atomic E-state index is 13.4. The Labute approximate surface area is 188 Å². The van der Waals surface area contributed by atoms with Crippen LogP contribution in [0, 0.1) is 17.8 Å². The van der Waals surface area contributed by atoms with Crippen molar-refractivity contribution in [2.24, 2.45) is 5.92 Å². The van der Waals surface area contributed by atoms with Crippen molar-refractivity contribution in [3.8, 4) is 17.7 Å². The second-order valence-corrected chi connectivity index (χ2v) is 8.06. The van der Waals surface area contributed by atoms with Gasteiger partial charge in [-0.15, -0.1) is 0 Å². The van der Waals surface area contributed by atoms with Crippen molar-refractivity contribution in [3.05, 3.63) is 53.5 Å². The Hall–Kier alpha value is -3.44. The van der Waals surface area contributed by atoms with Crippen molar-refractivity contribution < 1.29 is 19.4 Å². The zero-order valence-electron chi connectivity index (χ0n) is 18.8. The third-order valence-electron chi connectivity index (χ3n) is 5.51. The number of pyridine rings is 2. The highest BCUT2D eigenvalue weighted by Gasteiger charge is 2.34. The minimum atomic E-state index is -0.384. The molecule has 1 aliphatic heterocycles. The molecule has 0 unspecified atom stereocenters. The molecular weight excluding hydrogens is 408 g/mol. The van der Waals surface area contributed by atoms with Crippen LogP contribution in [0.2, 0.25) is 0 Å². The highest BCUT2D eigenvalue weighted by molar-refractivity contribution is 5.97. The third kappa shape index (κ3) is 5.42.